The summed E-state index contributed by atoms with van der Waals surface area (Å²) in [5.41, 5.74) is 1.62. The molecular weight excluding hydrogens is 318 g/mol. The second kappa shape index (κ2) is 6.35. The van der Waals surface area contributed by atoms with Crippen LogP contribution in [0, 0.1) is 11.8 Å². The van der Waals surface area contributed by atoms with Crippen LogP contribution in [0.3, 0.4) is 0 Å². The summed E-state index contributed by atoms with van der Waals surface area (Å²) in [4.78, 5) is 26.6. The van der Waals surface area contributed by atoms with Crippen LogP contribution in [0.1, 0.15) is 31.2 Å². The van der Waals surface area contributed by atoms with E-state index in [2.05, 4.69) is 5.10 Å². The van der Waals surface area contributed by atoms with Gasteiger partial charge in [-0.05, 0) is 30.5 Å². The van der Waals surface area contributed by atoms with Crippen LogP contribution >= 0.6 is 0 Å². The maximum atomic E-state index is 12.7. The number of hydrogen-bond acceptors (Lipinski definition) is 4. The van der Waals surface area contributed by atoms with Crippen molar-refractivity contribution in [1.82, 2.24) is 9.78 Å². The van der Waals surface area contributed by atoms with Crippen LogP contribution in [0.4, 0.5) is 5.69 Å². The van der Waals surface area contributed by atoms with E-state index in [1.807, 2.05) is 24.3 Å². The van der Waals surface area contributed by atoms with Crippen LogP contribution in [0.5, 0.6) is 5.75 Å². The Labute approximate surface area is 146 Å². The van der Waals surface area contributed by atoms with E-state index in [1.54, 1.807) is 24.2 Å². The Hall–Kier alpha value is -2.63. The summed E-state index contributed by atoms with van der Waals surface area (Å²) in [5, 5.41) is 4.33. The van der Waals surface area contributed by atoms with Gasteiger partial charge in [0.2, 0.25) is 11.8 Å². The van der Waals surface area contributed by atoms with Gasteiger partial charge in [-0.15, -0.1) is 0 Å². The molecule has 1 aliphatic heterocycles. The molecule has 1 aliphatic carbocycles. The first-order chi connectivity index (χ1) is 12.2. The number of fused-ring (bicyclic) bond motifs is 1. The van der Waals surface area contributed by atoms with E-state index < -0.39 is 0 Å². The predicted octanol–water partition coefficient (Wildman–Crippen LogP) is 2.62. The smallest absolute Gasteiger partial charge is 0.237 e. The number of ether oxygens (including phenoxy) is 1. The molecular formula is C19H21N3O3. The number of methoxy groups -OCH3 is 1. The lowest BCUT2D eigenvalue weighted by Crippen LogP contribution is -2.30. The van der Waals surface area contributed by atoms with Gasteiger partial charge < -0.3 is 4.74 Å². The molecule has 25 heavy (non-hydrogen) atoms. The number of imide groups is 1. The molecule has 2 fully saturated rings. The number of anilines is 1. The van der Waals surface area contributed by atoms with Crippen molar-refractivity contribution < 1.29 is 14.3 Å². The minimum atomic E-state index is -0.136. The minimum absolute atomic E-state index is 0.0596. The van der Waals surface area contributed by atoms with Crippen molar-refractivity contribution >= 4 is 17.5 Å². The summed E-state index contributed by atoms with van der Waals surface area (Å²) in [6, 6.07) is 7.75. The van der Waals surface area contributed by atoms with E-state index in [4.69, 9.17) is 4.74 Å². The molecule has 6 heteroatoms. The van der Waals surface area contributed by atoms with E-state index in [0.29, 0.717) is 12.2 Å². The van der Waals surface area contributed by atoms with Gasteiger partial charge in [0.1, 0.15) is 5.75 Å². The molecule has 0 bridgehead atoms. The Kier molecular flexibility index (Phi) is 4.03. The highest BCUT2D eigenvalue weighted by Gasteiger charge is 2.49. The largest absolute Gasteiger partial charge is 0.497 e. The topological polar surface area (TPSA) is 64.4 Å². The second-order valence-corrected chi connectivity index (χ2v) is 6.76. The van der Waals surface area contributed by atoms with Crippen molar-refractivity contribution in [3.8, 4) is 5.75 Å². The summed E-state index contributed by atoms with van der Waals surface area (Å²) in [6.45, 7) is 0.556. The highest BCUT2D eigenvalue weighted by atomic mass is 16.5. The number of hydrogen-bond donors (Lipinski definition) is 0. The SMILES string of the molecule is COc1cccc(Cn2cc(N3C(=O)C4CCCCC4C3=O)cn2)c1. The van der Waals surface area contributed by atoms with E-state index in [9.17, 15) is 9.59 Å². The summed E-state index contributed by atoms with van der Waals surface area (Å²) < 4.78 is 6.98. The third-order valence-corrected chi connectivity index (χ3v) is 5.20. The molecule has 4 rings (SSSR count). The maximum absolute atomic E-state index is 12.7. The molecule has 0 spiro atoms. The Morgan fingerprint density at radius 1 is 1.16 bits per heavy atom. The fourth-order valence-corrected chi connectivity index (χ4v) is 3.93. The zero-order chi connectivity index (χ0) is 17.4. The quantitative estimate of drug-likeness (QED) is 0.803. The monoisotopic (exact) mass is 339 g/mol. The lowest BCUT2D eigenvalue weighted by Gasteiger charge is -2.19. The summed E-state index contributed by atoms with van der Waals surface area (Å²) in [7, 11) is 1.63. The predicted molar refractivity (Wildman–Crippen MR) is 92.3 cm³/mol. The fraction of sp³-hybridized carbons (Fsp3) is 0.421. The number of amides is 2. The lowest BCUT2D eigenvalue weighted by atomic mass is 9.81. The van der Waals surface area contributed by atoms with Gasteiger partial charge >= 0.3 is 0 Å². The third-order valence-electron chi connectivity index (χ3n) is 5.20. The number of rotatable bonds is 4. The molecule has 2 aliphatic rings. The Morgan fingerprint density at radius 3 is 2.56 bits per heavy atom. The first-order valence-corrected chi connectivity index (χ1v) is 8.70. The van der Waals surface area contributed by atoms with E-state index in [-0.39, 0.29) is 23.7 Å². The molecule has 130 valence electrons. The maximum Gasteiger partial charge on any atom is 0.237 e. The molecule has 2 unspecified atom stereocenters. The van der Waals surface area contributed by atoms with Gasteiger partial charge in [0.25, 0.3) is 0 Å². The second-order valence-electron chi connectivity index (χ2n) is 6.76. The Balaban J connectivity index is 1.54. The molecule has 1 saturated heterocycles. The molecule has 6 nitrogen and oxygen atoms in total. The van der Waals surface area contributed by atoms with Crippen LogP contribution < -0.4 is 9.64 Å². The molecule has 1 aromatic carbocycles. The summed E-state index contributed by atoms with van der Waals surface area (Å²) in [6.07, 6.45) is 7.08. The molecule has 1 aromatic heterocycles. The van der Waals surface area contributed by atoms with E-state index in [1.165, 1.54) is 4.90 Å². The summed E-state index contributed by atoms with van der Waals surface area (Å²) in [5.74, 6) is 0.399. The van der Waals surface area contributed by atoms with E-state index >= 15 is 0 Å². The molecule has 2 aromatic rings. The molecule has 1 saturated carbocycles. The number of carbonyl (C=O) groups excluding carboxylic acids is 2. The Morgan fingerprint density at radius 2 is 1.88 bits per heavy atom. The summed E-state index contributed by atoms with van der Waals surface area (Å²) >= 11 is 0. The van der Waals surface area contributed by atoms with Crippen molar-refractivity contribution in [2.24, 2.45) is 11.8 Å². The van der Waals surface area contributed by atoms with Gasteiger partial charge in [-0.2, -0.15) is 5.10 Å². The number of aromatic nitrogens is 2. The third kappa shape index (κ3) is 2.81. The molecule has 2 amide bonds. The molecule has 2 atom stereocenters. The van der Waals surface area contributed by atoms with Crippen LogP contribution in [-0.2, 0) is 16.1 Å². The first kappa shape index (κ1) is 15.9. The van der Waals surface area contributed by atoms with Crippen molar-refractivity contribution in [3.63, 3.8) is 0 Å². The average Bonchev–Trinajstić information content (AvgIpc) is 3.18. The van der Waals surface area contributed by atoms with Gasteiger partial charge in [-0.1, -0.05) is 25.0 Å². The average molecular weight is 339 g/mol. The number of benzene rings is 1. The van der Waals surface area contributed by atoms with Gasteiger partial charge in [-0.3, -0.25) is 14.3 Å². The number of carbonyl (C=O) groups is 2. The standard InChI is InChI=1S/C19H21N3O3/c1-25-15-6-4-5-13(9-15)11-21-12-14(10-20-21)22-18(23)16-7-2-3-8-17(16)19(22)24/h4-6,9-10,12,16-17H,2-3,7-8,11H2,1H3. The zero-order valence-electron chi connectivity index (χ0n) is 14.2. The van der Waals surface area contributed by atoms with Gasteiger partial charge in [0, 0.05) is 6.20 Å². The lowest BCUT2D eigenvalue weighted by molar-refractivity contribution is -0.122. The van der Waals surface area contributed by atoms with Crippen molar-refractivity contribution in [1.29, 1.82) is 0 Å². The van der Waals surface area contributed by atoms with Crippen molar-refractivity contribution in [3.05, 3.63) is 42.2 Å². The minimum Gasteiger partial charge on any atom is -0.497 e. The van der Waals surface area contributed by atoms with Crippen LogP contribution in [0.25, 0.3) is 0 Å². The number of nitrogens with zero attached hydrogens (tertiary/aromatic N) is 3. The zero-order valence-corrected chi connectivity index (χ0v) is 14.2. The van der Waals surface area contributed by atoms with Crippen molar-refractivity contribution in [2.45, 2.75) is 32.2 Å². The normalized spacial score (nSPS) is 23.0. The van der Waals surface area contributed by atoms with Crippen LogP contribution in [0.15, 0.2) is 36.7 Å². The van der Waals surface area contributed by atoms with Gasteiger partial charge in [0.15, 0.2) is 0 Å². The molecule has 0 radical (unpaired) electrons. The van der Waals surface area contributed by atoms with Crippen LogP contribution in [-0.4, -0.2) is 28.7 Å². The Bertz CT molecular complexity index is 790. The van der Waals surface area contributed by atoms with E-state index in [0.717, 1.165) is 37.0 Å². The van der Waals surface area contributed by atoms with Gasteiger partial charge in [-0.25, -0.2) is 4.90 Å². The van der Waals surface area contributed by atoms with Crippen LogP contribution in [0.2, 0.25) is 0 Å². The van der Waals surface area contributed by atoms with Crippen molar-refractivity contribution in [2.75, 3.05) is 12.0 Å². The van der Waals surface area contributed by atoms with Gasteiger partial charge in [0.05, 0.1) is 37.4 Å². The molecule has 0 N–H and O–H groups in total. The first-order valence-electron chi connectivity index (χ1n) is 8.70. The molecule has 2 heterocycles. The highest BCUT2D eigenvalue weighted by Crippen LogP contribution is 2.39. The highest BCUT2D eigenvalue weighted by molar-refractivity contribution is 6.21. The fourth-order valence-electron chi connectivity index (χ4n) is 3.93.